The number of ether oxygens (including phenoxy) is 3. The van der Waals surface area contributed by atoms with Gasteiger partial charge in [-0.05, 0) is 42.0 Å². The molecule has 2 aliphatic rings. The predicted octanol–water partition coefficient (Wildman–Crippen LogP) is 5.34. The molecule has 6 rings (SSSR count). The van der Waals surface area contributed by atoms with E-state index in [1.807, 2.05) is 18.2 Å². The van der Waals surface area contributed by atoms with Gasteiger partial charge in [0.1, 0.15) is 11.5 Å². The molecule has 10 nitrogen and oxygen atoms in total. The Labute approximate surface area is 215 Å². The van der Waals surface area contributed by atoms with Crippen molar-refractivity contribution in [2.45, 2.75) is 0 Å². The topological polar surface area (TPSA) is 130 Å². The molecule has 2 heterocycles. The van der Waals surface area contributed by atoms with Gasteiger partial charge in [0.05, 0.1) is 17.1 Å². The average molecular weight is 509 g/mol. The molecule has 0 aliphatic carbocycles. The van der Waals surface area contributed by atoms with E-state index in [9.17, 15) is 14.7 Å². The highest BCUT2D eigenvalue weighted by Crippen LogP contribution is 2.41. The van der Waals surface area contributed by atoms with Crippen molar-refractivity contribution in [2.24, 2.45) is 5.10 Å². The fourth-order valence-electron chi connectivity index (χ4n) is 4.40. The summed E-state index contributed by atoms with van der Waals surface area (Å²) < 4.78 is 15.6. The summed E-state index contributed by atoms with van der Waals surface area (Å²) >= 11 is 0. The zero-order valence-electron chi connectivity index (χ0n) is 19.6. The highest BCUT2D eigenvalue weighted by Gasteiger charge is 2.35. The molecule has 0 saturated heterocycles. The van der Waals surface area contributed by atoms with Gasteiger partial charge in [0.25, 0.3) is 5.91 Å². The van der Waals surface area contributed by atoms with Crippen LogP contribution in [0.3, 0.4) is 0 Å². The van der Waals surface area contributed by atoms with Crippen molar-refractivity contribution in [3.63, 3.8) is 0 Å². The minimum absolute atomic E-state index is 0.116. The molecule has 0 atom stereocenters. The number of hydrogen-bond donors (Lipinski definition) is 3. The largest absolute Gasteiger partial charge is 0.511 e. The van der Waals surface area contributed by atoms with Crippen LogP contribution in [-0.4, -0.2) is 34.8 Å². The van der Waals surface area contributed by atoms with Gasteiger partial charge in [0, 0.05) is 17.2 Å². The number of nitrogens with zero attached hydrogens (tertiary/aromatic N) is 2. The quantitative estimate of drug-likeness (QED) is 0.142. The Kier molecular flexibility index (Phi) is 5.53. The number of phenolic OH excluding ortho intramolecular Hbond substituents is 1. The van der Waals surface area contributed by atoms with E-state index in [4.69, 9.17) is 19.3 Å². The number of rotatable bonds is 5. The van der Waals surface area contributed by atoms with Crippen LogP contribution >= 0.6 is 0 Å². The monoisotopic (exact) mass is 509 g/mol. The molecule has 3 N–H and O–H groups in total. The lowest BCUT2D eigenvalue weighted by molar-refractivity contribution is -0.111. The second-order valence-electron chi connectivity index (χ2n) is 8.37. The summed E-state index contributed by atoms with van der Waals surface area (Å²) in [6.07, 6.45) is -1.44. The number of benzene rings is 4. The number of carbonyl (C=O) groups excluding carboxylic acids is 1. The van der Waals surface area contributed by atoms with Crippen LogP contribution in [-0.2, 0) is 4.79 Å². The van der Waals surface area contributed by atoms with Crippen molar-refractivity contribution in [3.05, 3.63) is 90.5 Å². The summed E-state index contributed by atoms with van der Waals surface area (Å²) in [5, 5.41) is 24.2. The summed E-state index contributed by atoms with van der Waals surface area (Å²) in [6, 6.07) is 23.8. The van der Waals surface area contributed by atoms with Crippen LogP contribution in [0.2, 0.25) is 0 Å². The predicted molar refractivity (Wildman–Crippen MR) is 139 cm³/mol. The molecular weight excluding hydrogens is 490 g/mol. The Hall–Kier alpha value is -5.51. The smallest absolute Gasteiger partial charge is 0.505 e. The van der Waals surface area contributed by atoms with Gasteiger partial charge in [-0.1, -0.05) is 42.5 Å². The second-order valence-corrected chi connectivity index (χ2v) is 8.37. The van der Waals surface area contributed by atoms with E-state index in [0.29, 0.717) is 39.6 Å². The lowest BCUT2D eigenvalue weighted by Gasteiger charge is -2.17. The van der Waals surface area contributed by atoms with E-state index < -0.39 is 6.16 Å². The number of amides is 1. The zero-order chi connectivity index (χ0) is 26.2. The van der Waals surface area contributed by atoms with Crippen molar-refractivity contribution < 1.29 is 34.0 Å². The molecule has 0 unspecified atom stereocenters. The first-order valence-electron chi connectivity index (χ1n) is 11.5. The third-order valence-corrected chi connectivity index (χ3v) is 6.09. The van der Waals surface area contributed by atoms with Gasteiger partial charge in [-0.2, -0.15) is 5.10 Å². The van der Waals surface area contributed by atoms with Gasteiger partial charge >= 0.3 is 6.16 Å². The van der Waals surface area contributed by atoms with Crippen LogP contribution in [0.4, 0.5) is 21.9 Å². The molecule has 2 aliphatic heterocycles. The molecule has 4 aromatic carbocycles. The first kappa shape index (κ1) is 22.9. The second kappa shape index (κ2) is 9.17. The van der Waals surface area contributed by atoms with Crippen LogP contribution in [0.5, 0.6) is 23.0 Å². The third kappa shape index (κ3) is 3.99. The molecule has 0 radical (unpaired) electrons. The first-order valence-corrected chi connectivity index (χ1v) is 11.5. The van der Waals surface area contributed by atoms with E-state index >= 15 is 0 Å². The maximum atomic E-state index is 13.5. The van der Waals surface area contributed by atoms with Crippen molar-refractivity contribution in [1.82, 2.24) is 0 Å². The van der Waals surface area contributed by atoms with Crippen LogP contribution in [0.25, 0.3) is 11.1 Å². The number of nitrogens with one attached hydrogen (secondary N) is 1. The van der Waals surface area contributed by atoms with Crippen LogP contribution in [0.1, 0.15) is 5.56 Å². The molecule has 0 spiro atoms. The van der Waals surface area contributed by atoms with Gasteiger partial charge in [-0.3, -0.25) is 15.1 Å². The Bertz CT molecular complexity index is 1630. The standard InChI is InChI=1S/C28H19N3O7/c32-26-19(16-5-3-6-18(13-16)38-28(34)35)8-4-9-21(26)29-30-25-20-7-1-2-10-22(20)31(27(25)33)17-11-12-23-24(14-17)37-15-36-23/h1-14,29,32H,15H2,(H,34,35). The molecule has 188 valence electrons. The summed E-state index contributed by atoms with van der Waals surface area (Å²) in [7, 11) is 0. The maximum Gasteiger partial charge on any atom is 0.511 e. The summed E-state index contributed by atoms with van der Waals surface area (Å²) in [5.74, 6) is 0.794. The van der Waals surface area contributed by atoms with Gasteiger partial charge in [0.2, 0.25) is 6.79 Å². The molecule has 0 aromatic heterocycles. The highest BCUT2D eigenvalue weighted by molar-refractivity contribution is 6.55. The van der Waals surface area contributed by atoms with Gasteiger partial charge in [0.15, 0.2) is 17.2 Å². The Balaban J connectivity index is 1.33. The lowest BCUT2D eigenvalue weighted by atomic mass is 10.0. The van der Waals surface area contributed by atoms with E-state index in [0.717, 1.165) is 0 Å². The molecule has 1 amide bonds. The number of fused-ring (bicyclic) bond motifs is 2. The SMILES string of the molecule is O=C(O)Oc1cccc(-c2cccc(NN=C3C(=O)N(c4ccc5c(c4)OCO5)c4ccccc43)c2O)c1. The minimum atomic E-state index is -1.44. The van der Waals surface area contributed by atoms with Crippen LogP contribution < -0.4 is 24.5 Å². The normalized spacial score (nSPS) is 14.5. The molecule has 38 heavy (non-hydrogen) atoms. The van der Waals surface area contributed by atoms with Crippen molar-refractivity contribution in [3.8, 4) is 34.1 Å². The zero-order valence-corrected chi connectivity index (χ0v) is 19.6. The Morgan fingerprint density at radius 3 is 2.58 bits per heavy atom. The Morgan fingerprint density at radius 1 is 0.921 bits per heavy atom. The van der Waals surface area contributed by atoms with Gasteiger partial charge in [-0.15, -0.1) is 0 Å². The van der Waals surface area contributed by atoms with Crippen molar-refractivity contribution in [1.29, 1.82) is 0 Å². The van der Waals surface area contributed by atoms with Crippen LogP contribution in [0, 0.1) is 0 Å². The van der Waals surface area contributed by atoms with E-state index in [1.165, 1.54) is 12.1 Å². The van der Waals surface area contributed by atoms with Gasteiger partial charge < -0.3 is 24.4 Å². The number of phenols is 1. The summed E-state index contributed by atoms with van der Waals surface area (Å²) in [4.78, 5) is 26.0. The average Bonchev–Trinajstić information content (AvgIpc) is 3.49. The molecule has 0 fully saturated rings. The van der Waals surface area contributed by atoms with Gasteiger partial charge in [-0.25, -0.2) is 4.79 Å². The fourth-order valence-corrected chi connectivity index (χ4v) is 4.40. The van der Waals surface area contributed by atoms with Crippen molar-refractivity contribution >= 4 is 34.8 Å². The minimum Gasteiger partial charge on any atom is -0.505 e. The molecular formula is C28H19N3O7. The van der Waals surface area contributed by atoms with Crippen LogP contribution in [0.15, 0.2) is 90.0 Å². The first-order chi connectivity index (χ1) is 18.5. The van der Waals surface area contributed by atoms with Crippen molar-refractivity contribution in [2.75, 3.05) is 17.1 Å². The number of carboxylic acid groups (broad SMARTS) is 1. The number of carbonyl (C=O) groups is 2. The lowest BCUT2D eigenvalue weighted by Crippen LogP contribution is -2.26. The molecule has 10 heteroatoms. The molecule has 0 bridgehead atoms. The van der Waals surface area contributed by atoms with E-state index in [-0.39, 0.29) is 35.6 Å². The number of hydrazone groups is 1. The summed E-state index contributed by atoms with van der Waals surface area (Å²) in [6.45, 7) is 0.124. The highest BCUT2D eigenvalue weighted by atomic mass is 16.7. The molecule has 4 aromatic rings. The fraction of sp³-hybridized carbons (Fsp3) is 0.0357. The number of hydrogen-bond acceptors (Lipinski definition) is 8. The number of aromatic hydroxyl groups is 1. The van der Waals surface area contributed by atoms with E-state index in [1.54, 1.807) is 59.5 Å². The number of para-hydroxylation sites is 2. The summed E-state index contributed by atoms with van der Waals surface area (Å²) in [5.41, 5.74) is 6.08. The molecule has 0 saturated carbocycles. The Morgan fingerprint density at radius 2 is 1.71 bits per heavy atom. The number of anilines is 3. The third-order valence-electron chi connectivity index (χ3n) is 6.09. The maximum absolute atomic E-state index is 13.5. The van der Waals surface area contributed by atoms with E-state index in [2.05, 4.69) is 10.5 Å².